The van der Waals surface area contributed by atoms with Crippen LogP contribution in [0.1, 0.15) is 79.3 Å². The zero-order valence-electron chi connectivity index (χ0n) is 38.3. The lowest BCUT2D eigenvalue weighted by molar-refractivity contribution is -0.263. The normalized spacial score (nSPS) is 26.2. The summed E-state index contributed by atoms with van der Waals surface area (Å²) in [6.45, 7) is -1.22. The molecule has 0 radical (unpaired) electrons. The number of hydrogen-bond acceptors (Lipinski definition) is 14. The maximum atomic E-state index is 12.9. The van der Waals surface area contributed by atoms with Crippen molar-refractivity contribution in [2.24, 2.45) is 11.8 Å². The minimum Gasteiger partial charge on any atom is -0.481 e. The molecule has 2 aromatic rings. The van der Waals surface area contributed by atoms with Gasteiger partial charge in [-0.05, 0) is 43.6 Å². The van der Waals surface area contributed by atoms with Gasteiger partial charge in [0.05, 0.1) is 44.4 Å². The van der Waals surface area contributed by atoms with Gasteiger partial charge in [0.15, 0.2) is 12.1 Å². The summed E-state index contributed by atoms with van der Waals surface area (Å²) >= 11 is 1.80. The monoisotopic (exact) mass is 977 g/mol. The molecule has 0 spiro atoms. The Morgan fingerprint density at radius 3 is 2.20 bits per heavy atom. The highest BCUT2D eigenvalue weighted by Crippen LogP contribution is 2.35. The Bertz CT molecular complexity index is 2150. The van der Waals surface area contributed by atoms with E-state index in [2.05, 4.69) is 37.2 Å². The van der Waals surface area contributed by atoms with Crippen LogP contribution in [-0.4, -0.2) is 149 Å². The predicted molar refractivity (Wildman–Crippen MR) is 251 cm³/mol. The highest BCUT2D eigenvalue weighted by Gasteiger charge is 2.45. The van der Waals surface area contributed by atoms with Crippen molar-refractivity contribution in [3.05, 3.63) is 83.4 Å². The summed E-state index contributed by atoms with van der Waals surface area (Å²) < 4.78 is 12.2. The van der Waals surface area contributed by atoms with Crippen LogP contribution >= 0.6 is 11.8 Å². The number of aliphatic hydroxyl groups is 2. The van der Waals surface area contributed by atoms with Crippen molar-refractivity contribution in [2.75, 3.05) is 38.5 Å². The number of urea groups is 1. The third kappa shape index (κ3) is 15.9. The van der Waals surface area contributed by atoms with Crippen LogP contribution in [0.5, 0.6) is 0 Å². The van der Waals surface area contributed by atoms with Crippen molar-refractivity contribution >= 4 is 59.0 Å². The minimum absolute atomic E-state index is 0.0522. The van der Waals surface area contributed by atoms with Gasteiger partial charge >= 0.3 is 12.0 Å². The molecule has 4 aliphatic rings. The Balaban J connectivity index is 0.915. The second kappa shape index (κ2) is 26.3. The molecule has 21 heteroatoms. The lowest BCUT2D eigenvalue weighted by atomic mass is 9.89. The molecule has 2 aromatic carbocycles. The first-order valence-electron chi connectivity index (χ1n) is 23.5. The molecule has 1 aliphatic carbocycles. The van der Waals surface area contributed by atoms with Crippen molar-refractivity contribution in [1.29, 1.82) is 0 Å². The number of nitrogens with one attached hydrogen (secondary N) is 7. The number of rotatable bonds is 26. The molecule has 4 fully saturated rings. The molecule has 6 rings (SSSR count). The lowest BCUT2D eigenvalue weighted by Gasteiger charge is -2.43. The molecule has 0 bridgehead atoms. The zero-order chi connectivity index (χ0) is 49.3. The number of aliphatic hydroxyl groups excluding tert-OH is 2. The van der Waals surface area contributed by atoms with E-state index in [0.717, 1.165) is 24.2 Å². The zero-order valence-corrected chi connectivity index (χ0v) is 39.1. The summed E-state index contributed by atoms with van der Waals surface area (Å²) in [5.41, 5.74) is 1.82. The van der Waals surface area contributed by atoms with Gasteiger partial charge in [0.1, 0.15) is 24.1 Å². The highest BCUT2D eigenvalue weighted by atomic mass is 32.2. The van der Waals surface area contributed by atoms with E-state index < -0.39 is 67.4 Å². The van der Waals surface area contributed by atoms with E-state index in [1.54, 1.807) is 60.3 Å². The Morgan fingerprint density at radius 1 is 0.812 bits per heavy atom. The van der Waals surface area contributed by atoms with Gasteiger partial charge in [0.2, 0.25) is 23.6 Å². The molecule has 0 unspecified atom stereocenters. The van der Waals surface area contributed by atoms with Crippen molar-refractivity contribution in [3.8, 4) is 0 Å². The number of fused-ring (bicyclic) bond motifs is 1. The summed E-state index contributed by atoms with van der Waals surface area (Å²) in [7, 11) is 0. The third-order valence-corrected chi connectivity index (χ3v) is 14.2. The Hall–Kier alpha value is -5.71. The molecular formula is C48H63N7O13S. The molecule has 10 atom stereocenters. The fourth-order valence-electron chi connectivity index (χ4n) is 8.91. The number of carboxylic acids is 1. The van der Waals surface area contributed by atoms with Gasteiger partial charge in [-0.15, -0.1) is 0 Å². The van der Waals surface area contributed by atoms with Crippen LogP contribution in [-0.2, 0) is 44.8 Å². The summed E-state index contributed by atoms with van der Waals surface area (Å²) in [5.74, 6) is -2.94. The first kappa shape index (κ1) is 52.7. The van der Waals surface area contributed by atoms with Crippen molar-refractivity contribution in [3.63, 3.8) is 0 Å². The van der Waals surface area contributed by atoms with Crippen LogP contribution < -0.4 is 37.2 Å². The quantitative estimate of drug-likeness (QED) is 0.0265. The fourth-order valence-corrected chi connectivity index (χ4v) is 10.5. The third-order valence-electron chi connectivity index (χ3n) is 12.7. The molecule has 6 amide bonds. The summed E-state index contributed by atoms with van der Waals surface area (Å²) in [6, 6.07) is 14.9. The number of amides is 6. The van der Waals surface area contributed by atoms with Crippen molar-refractivity contribution in [1.82, 2.24) is 37.2 Å². The maximum absolute atomic E-state index is 12.9. The first-order valence-corrected chi connectivity index (χ1v) is 24.5. The topological polar surface area (TPSA) is 300 Å². The number of benzene rings is 2. The molecule has 0 aromatic heterocycles. The van der Waals surface area contributed by atoms with Crippen LogP contribution in [0.25, 0.3) is 0 Å². The second-order valence-corrected chi connectivity index (χ2v) is 18.9. The predicted octanol–water partition coefficient (Wildman–Crippen LogP) is 0.436. The number of carbonyl (C=O) groups is 8. The van der Waals surface area contributed by atoms with Crippen LogP contribution in [0.3, 0.4) is 0 Å². The SMILES string of the molecule is O=C(O)C[C@@H]1CCC(=O)[C@H]1C/C=C\CCO[C@@H]1O[C@H](CNC(=O)CNC(=O)CNC(=O)CNC(=O)CCCC[C@@H]2SC[C@@H]3NC(=O)N[C@@H]32)[C@H](O)[C@H](O)[C@H]1NCc1ccc(C(=O)c2ccccc2)cc1. The van der Waals surface area contributed by atoms with Gasteiger partial charge in [-0.1, -0.05) is 73.2 Å². The van der Waals surface area contributed by atoms with Gasteiger partial charge in [0.25, 0.3) is 0 Å². The minimum atomic E-state index is -1.49. The number of Topliss-reactive ketones (excluding diaryl/α,β-unsaturated/α-hetero) is 1. The van der Waals surface area contributed by atoms with E-state index in [1.807, 2.05) is 18.2 Å². The largest absolute Gasteiger partial charge is 0.481 e. The van der Waals surface area contributed by atoms with E-state index in [-0.39, 0.29) is 86.5 Å². The molecule has 10 N–H and O–H groups in total. The van der Waals surface area contributed by atoms with Crippen molar-refractivity contribution < 1.29 is 63.1 Å². The number of thioether (sulfide) groups is 1. The maximum Gasteiger partial charge on any atom is 0.315 e. The van der Waals surface area contributed by atoms with Crippen LogP contribution in [0.2, 0.25) is 0 Å². The lowest BCUT2D eigenvalue weighted by Crippen LogP contribution is -2.64. The smallest absolute Gasteiger partial charge is 0.315 e. The average Bonchev–Trinajstić information content (AvgIpc) is 4.02. The van der Waals surface area contributed by atoms with Gasteiger partial charge in [0, 0.05) is 60.4 Å². The van der Waals surface area contributed by atoms with E-state index in [9.17, 15) is 53.7 Å². The summed E-state index contributed by atoms with van der Waals surface area (Å²) in [4.78, 5) is 97.9. The van der Waals surface area contributed by atoms with Crippen LogP contribution in [0.15, 0.2) is 66.7 Å². The first-order chi connectivity index (χ1) is 33.2. The number of hydrogen-bond donors (Lipinski definition) is 10. The number of carboxylic acid groups (broad SMARTS) is 1. The van der Waals surface area contributed by atoms with Gasteiger partial charge in [-0.3, -0.25) is 33.6 Å². The number of ketones is 2. The van der Waals surface area contributed by atoms with E-state index in [0.29, 0.717) is 48.5 Å². The van der Waals surface area contributed by atoms with Gasteiger partial charge in [-0.2, -0.15) is 11.8 Å². The molecule has 20 nitrogen and oxygen atoms in total. The van der Waals surface area contributed by atoms with Crippen molar-refractivity contribution in [2.45, 2.75) is 112 Å². The molecular weight excluding hydrogens is 915 g/mol. The Labute approximate surface area is 404 Å². The molecule has 3 heterocycles. The average molecular weight is 978 g/mol. The fraction of sp³-hybridized carbons (Fsp3) is 0.542. The van der Waals surface area contributed by atoms with Crippen LogP contribution in [0.4, 0.5) is 4.79 Å². The number of carbonyl (C=O) groups excluding carboxylic acids is 7. The van der Waals surface area contributed by atoms with E-state index >= 15 is 0 Å². The van der Waals surface area contributed by atoms with Crippen LogP contribution in [0, 0.1) is 11.8 Å². The molecule has 1 saturated carbocycles. The highest BCUT2D eigenvalue weighted by molar-refractivity contribution is 8.00. The number of ether oxygens (including phenoxy) is 2. The standard InChI is InChI=1S/C48H63N7O13S/c56-34-19-18-31(21-41(61)62)32(34)11-5-2-8-20-67-47-43(53-22-28-14-16-30(17-15-28)44(63)29-9-3-1-4-10-29)46(65)45(64)35(68-47)23-49-38(58)25-51-40(60)26-52-39(59)24-50-37(57)13-7-6-12-36-42-33(27-69-36)54-48(66)55-42/h1-5,9-10,14-17,31-33,35-36,42-43,45-47,53,64-65H,6-8,11-13,18-27H2,(H,49,58)(H,50,57)(H,51,60)(H,52,59)(H,61,62)(H2,54,55,66)/b5-2-/t31-,32-,33-,35+,36-,42-,43+,45-,46+,47+/m0/s1. The van der Waals surface area contributed by atoms with E-state index in [1.165, 1.54) is 0 Å². The number of aliphatic carboxylic acids is 1. The van der Waals surface area contributed by atoms with Gasteiger partial charge < -0.3 is 62.0 Å². The summed E-state index contributed by atoms with van der Waals surface area (Å²) in [5, 5.41) is 50.9. The Kier molecular flexibility index (Phi) is 20.1. The molecule has 69 heavy (non-hydrogen) atoms. The van der Waals surface area contributed by atoms with E-state index in [4.69, 9.17) is 9.47 Å². The Morgan fingerprint density at radius 2 is 1.49 bits per heavy atom. The second-order valence-electron chi connectivity index (χ2n) is 17.7. The molecule has 3 saturated heterocycles. The number of unbranched alkanes of at least 4 members (excludes halogenated alkanes) is 1. The van der Waals surface area contributed by atoms with Gasteiger partial charge in [-0.25, -0.2) is 4.79 Å². The molecule has 374 valence electrons. The summed E-state index contributed by atoms with van der Waals surface area (Å²) in [6.07, 6.45) is 2.61. The molecule has 3 aliphatic heterocycles. The number of allylic oxidation sites excluding steroid dienone is 1.